The van der Waals surface area contributed by atoms with Gasteiger partial charge >= 0.3 is 0 Å². The molecule has 0 aliphatic rings. The Morgan fingerprint density at radius 1 is 1.50 bits per heavy atom. The average Bonchev–Trinajstić information content (AvgIpc) is 2.75. The van der Waals surface area contributed by atoms with Crippen LogP contribution in [0.1, 0.15) is 25.1 Å². The molecule has 1 aromatic heterocycles. The van der Waals surface area contributed by atoms with E-state index in [1.54, 1.807) is 6.07 Å². The summed E-state index contributed by atoms with van der Waals surface area (Å²) in [7, 11) is -3.40. The maximum Gasteiger partial charge on any atom is 0.250 e. The van der Waals surface area contributed by atoms with Gasteiger partial charge in [0.25, 0.3) is 0 Å². The largest absolute Gasteiger partial charge is 0.391 e. The first kappa shape index (κ1) is 13.6. The summed E-state index contributed by atoms with van der Waals surface area (Å²) in [5.74, 6) is 0.326. The highest BCUT2D eigenvalue weighted by molar-refractivity contribution is 7.91. The van der Waals surface area contributed by atoms with Crippen molar-refractivity contribution < 1.29 is 13.5 Å². The summed E-state index contributed by atoms with van der Waals surface area (Å²) < 4.78 is 26.4. The van der Waals surface area contributed by atoms with Gasteiger partial charge in [0.2, 0.25) is 10.0 Å². The minimum Gasteiger partial charge on any atom is -0.391 e. The van der Waals surface area contributed by atoms with E-state index >= 15 is 0 Å². The van der Waals surface area contributed by atoms with Crippen LogP contribution in [-0.4, -0.2) is 20.1 Å². The van der Waals surface area contributed by atoms with Crippen LogP contribution in [0.25, 0.3) is 0 Å². The SMILES string of the molecule is CCC(C)CNS(=O)(=O)c1ccc(CO)s1. The van der Waals surface area contributed by atoms with Crippen molar-refractivity contribution in [3.63, 3.8) is 0 Å². The molecule has 1 heterocycles. The van der Waals surface area contributed by atoms with Gasteiger partial charge in [0.1, 0.15) is 4.21 Å². The molecule has 0 aliphatic carbocycles. The van der Waals surface area contributed by atoms with Crippen molar-refractivity contribution in [2.75, 3.05) is 6.54 Å². The van der Waals surface area contributed by atoms with Crippen LogP contribution in [0.3, 0.4) is 0 Å². The Morgan fingerprint density at radius 3 is 2.69 bits per heavy atom. The second-order valence-electron chi connectivity index (χ2n) is 3.74. The number of hydrogen-bond acceptors (Lipinski definition) is 4. The summed E-state index contributed by atoms with van der Waals surface area (Å²) in [5.41, 5.74) is 0. The Labute approximate surface area is 100 Å². The molecule has 1 unspecified atom stereocenters. The lowest BCUT2D eigenvalue weighted by Gasteiger charge is -2.09. The van der Waals surface area contributed by atoms with E-state index in [0.717, 1.165) is 17.8 Å². The van der Waals surface area contributed by atoms with Crippen LogP contribution in [0, 0.1) is 5.92 Å². The molecule has 0 amide bonds. The van der Waals surface area contributed by atoms with Gasteiger partial charge in [-0.2, -0.15) is 0 Å². The minimum atomic E-state index is -3.40. The molecule has 1 aromatic rings. The van der Waals surface area contributed by atoms with Crippen molar-refractivity contribution in [3.05, 3.63) is 17.0 Å². The van der Waals surface area contributed by atoms with Gasteiger partial charge in [0.15, 0.2) is 0 Å². The van der Waals surface area contributed by atoms with E-state index in [9.17, 15) is 8.42 Å². The summed E-state index contributed by atoms with van der Waals surface area (Å²) in [5, 5.41) is 8.87. The lowest BCUT2D eigenvalue weighted by atomic mass is 10.1. The predicted molar refractivity (Wildman–Crippen MR) is 64.9 cm³/mol. The Morgan fingerprint density at radius 2 is 2.19 bits per heavy atom. The molecule has 0 saturated carbocycles. The molecule has 4 nitrogen and oxygen atoms in total. The predicted octanol–water partition coefficient (Wildman–Crippen LogP) is 1.56. The van der Waals surface area contributed by atoms with Crippen LogP contribution in [0.5, 0.6) is 0 Å². The van der Waals surface area contributed by atoms with E-state index in [2.05, 4.69) is 4.72 Å². The molecule has 0 fully saturated rings. The molecule has 1 rings (SSSR count). The first-order valence-corrected chi connectivity index (χ1v) is 7.48. The van der Waals surface area contributed by atoms with Crippen molar-refractivity contribution in [2.24, 2.45) is 5.92 Å². The second-order valence-corrected chi connectivity index (χ2v) is 6.91. The molecule has 0 aliphatic heterocycles. The molecular formula is C10H17NO3S2. The third-order valence-corrected chi connectivity index (χ3v) is 5.36. The van der Waals surface area contributed by atoms with Gasteiger partial charge in [-0.25, -0.2) is 13.1 Å². The maximum atomic E-state index is 11.8. The molecule has 2 N–H and O–H groups in total. The molecule has 0 spiro atoms. The summed E-state index contributed by atoms with van der Waals surface area (Å²) >= 11 is 1.10. The van der Waals surface area contributed by atoms with E-state index in [-0.39, 0.29) is 10.8 Å². The molecule has 1 atom stereocenters. The smallest absolute Gasteiger partial charge is 0.250 e. The van der Waals surface area contributed by atoms with Crippen LogP contribution in [-0.2, 0) is 16.6 Å². The summed E-state index contributed by atoms with van der Waals surface area (Å²) in [4.78, 5) is 0.656. The van der Waals surface area contributed by atoms with Crippen molar-refractivity contribution >= 4 is 21.4 Å². The lowest BCUT2D eigenvalue weighted by Crippen LogP contribution is -2.27. The first-order chi connectivity index (χ1) is 7.49. The Balaban J connectivity index is 2.70. The van der Waals surface area contributed by atoms with Gasteiger partial charge in [0, 0.05) is 11.4 Å². The number of rotatable bonds is 6. The maximum absolute atomic E-state index is 11.8. The third-order valence-electron chi connectivity index (χ3n) is 2.38. The van der Waals surface area contributed by atoms with Gasteiger partial charge < -0.3 is 5.11 Å². The molecule has 16 heavy (non-hydrogen) atoms. The lowest BCUT2D eigenvalue weighted by molar-refractivity contribution is 0.285. The van der Waals surface area contributed by atoms with Crippen LogP contribution in [0.15, 0.2) is 16.3 Å². The number of aliphatic hydroxyl groups is 1. The summed E-state index contributed by atoms with van der Waals surface area (Å²) in [6.07, 6.45) is 0.939. The average molecular weight is 263 g/mol. The van der Waals surface area contributed by atoms with Gasteiger partial charge in [-0.05, 0) is 18.1 Å². The Hall–Kier alpha value is -0.430. The Kier molecular flexibility index (Phi) is 4.91. The summed E-state index contributed by atoms with van der Waals surface area (Å²) in [6, 6.07) is 3.15. The van der Waals surface area contributed by atoms with Crippen molar-refractivity contribution in [1.29, 1.82) is 0 Å². The summed E-state index contributed by atoms with van der Waals surface area (Å²) in [6.45, 7) is 4.35. The standard InChI is InChI=1S/C10H17NO3S2/c1-3-8(2)6-11-16(13,14)10-5-4-9(7-12)15-10/h4-5,8,11-12H,3,6-7H2,1-2H3. The molecule has 0 radical (unpaired) electrons. The van der Waals surface area contributed by atoms with E-state index in [1.807, 2.05) is 13.8 Å². The fourth-order valence-electron chi connectivity index (χ4n) is 1.06. The monoisotopic (exact) mass is 263 g/mol. The van der Waals surface area contributed by atoms with E-state index in [0.29, 0.717) is 17.3 Å². The van der Waals surface area contributed by atoms with Crippen molar-refractivity contribution in [1.82, 2.24) is 4.72 Å². The zero-order valence-corrected chi connectivity index (χ0v) is 11.1. The van der Waals surface area contributed by atoms with E-state index < -0.39 is 10.0 Å². The molecule has 6 heteroatoms. The zero-order valence-electron chi connectivity index (χ0n) is 9.43. The third kappa shape index (κ3) is 3.55. The fourth-order valence-corrected chi connectivity index (χ4v) is 3.48. The zero-order chi connectivity index (χ0) is 12.2. The van der Waals surface area contributed by atoms with Gasteiger partial charge in [-0.1, -0.05) is 20.3 Å². The highest BCUT2D eigenvalue weighted by Gasteiger charge is 2.16. The molecule has 0 aromatic carbocycles. The number of hydrogen-bond donors (Lipinski definition) is 2. The van der Waals surface area contributed by atoms with Gasteiger partial charge in [-0.15, -0.1) is 11.3 Å². The number of thiophene rings is 1. The Bertz CT molecular complexity index is 425. The molecular weight excluding hydrogens is 246 g/mol. The number of aliphatic hydroxyl groups excluding tert-OH is 1. The van der Waals surface area contributed by atoms with Crippen molar-refractivity contribution in [2.45, 2.75) is 31.1 Å². The van der Waals surface area contributed by atoms with Crippen LogP contribution in [0.2, 0.25) is 0 Å². The van der Waals surface area contributed by atoms with Crippen LogP contribution < -0.4 is 4.72 Å². The molecule has 0 bridgehead atoms. The molecule has 0 saturated heterocycles. The quantitative estimate of drug-likeness (QED) is 0.818. The molecule has 92 valence electrons. The van der Waals surface area contributed by atoms with E-state index in [1.165, 1.54) is 6.07 Å². The number of sulfonamides is 1. The fraction of sp³-hybridized carbons (Fsp3) is 0.600. The first-order valence-electron chi connectivity index (χ1n) is 5.18. The van der Waals surface area contributed by atoms with Gasteiger partial charge in [-0.3, -0.25) is 0 Å². The van der Waals surface area contributed by atoms with Crippen LogP contribution in [0.4, 0.5) is 0 Å². The normalized spacial score (nSPS) is 13.9. The van der Waals surface area contributed by atoms with Crippen LogP contribution >= 0.6 is 11.3 Å². The van der Waals surface area contributed by atoms with Crippen molar-refractivity contribution in [3.8, 4) is 0 Å². The highest BCUT2D eigenvalue weighted by Crippen LogP contribution is 2.21. The highest BCUT2D eigenvalue weighted by atomic mass is 32.2. The topological polar surface area (TPSA) is 66.4 Å². The number of nitrogens with one attached hydrogen (secondary N) is 1. The minimum absolute atomic E-state index is 0.119. The van der Waals surface area contributed by atoms with Gasteiger partial charge in [0.05, 0.1) is 6.61 Å². The second kappa shape index (κ2) is 5.77. The van der Waals surface area contributed by atoms with E-state index in [4.69, 9.17) is 5.11 Å².